The van der Waals surface area contributed by atoms with Gasteiger partial charge in [0.25, 0.3) is 0 Å². The molecule has 0 aliphatic heterocycles. The summed E-state index contributed by atoms with van der Waals surface area (Å²) in [6.07, 6.45) is 3.53. The highest BCUT2D eigenvalue weighted by Gasteiger charge is 2.56. The van der Waals surface area contributed by atoms with Crippen LogP contribution in [0.1, 0.15) is 36.1 Å². The second-order valence-electron chi connectivity index (χ2n) is 11.5. The maximum Gasteiger partial charge on any atom is 0.155 e. The average molecular weight is 651 g/mol. The van der Waals surface area contributed by atoms with Crippen LogP contribution in [-0.4, -0.2) is 43.7 Å². The van der Waals surface area contributed by atoms with Crippen molar-refractivity contribution in [3.8, 4) is 5.75 Å². The van der Waals surface area contributed by atoms with Gasteiger partial charge in [0.15, 0.2) is 12.2 Å². The van der Waals surface area contributed by atoms with E-state index in [2.05, 4.69) is 0 Å². The van der Waals surface area contributed by atoms with Crippen LogP contribution in [0.2, 0.25) is 0 Å². The molecule has 6 atom stereocenters. The molecule has 7 nitrogen and oxygen atoms in total. The number of allylic oxidation sites excluding steroid dienone is 2. The summed E-state index contributed by atoms with van der Waals surface area (Å²) in [6.45, 7) is 5.20. The van der Waals surface area contributed by atoms with Gasteiger partial charge in [0.1, 0.15) is 30.2 Å². The monoisotopic (exact) mass is 650 g/mol. The van der Waals surface area contributed by atoms with Crippen LogP contribution in [0.25, 0.3) is 0 Å². The molecule has 1 aliphatic carbocycles. The first-order valence-corrected chi connectivity index (χ1v) is 16.4. The first kappa shape index (κ1) is 34.9. The molecule has 4 aromatic rings. The molecule has 0 unspecified atom stereocenters. The molecule has 0 spiro atoms. The number of hydrogen-bond acceptors (Lipinski definition) is 7. The fourth-order valence-electron chi connectivity index (χ4n) is 5.74. The van der Waals surface area contributed by atoms with Crippen LogP contribution in [0.4, 0.5) is 0 Å². The Kier molecular flexibility index (Phi) is 13.7. The third kappa shape index (κ3) is 9.81. The van der Waals surface area contributed by atoms with Gasteiger partial charge in [-0.1, -0.05) is 115 Å². The molecule has 0 heterocycles. The third-order valence-corrected chi connectivity index (χ3v) is 8.14. The van der Waals surface area contributed by atoms with Crippen molar-refractivity contribution in [3.05, 3.63) is 162 Å². The highest BCUT2D eigenvalue weighted by atomic mass is 16.6. The summed E-state index contributed by atoms with van der Waals surface area (Å²) in [6, 6.07) is 38.1. The summed E-state index contributed by atoms with van der Waals surface area (Å²) >= 11 is 0. The number of methoxy groups -OCH3 is 1. The van der Waals surface area contributed by atoms with E-state index in [-0.39, 0.29) is 0 Å². The second kappa shape index (κ2) is 18.8. The molecule has 1 fully saturated rings. The van der Waals surface area contributed by atoms with Gasteiger partial charge >= 0.3 is 0 Å². The van der Waals surface area contributed by atoms with Crippen molar-refractivity contribution in [2.45, 2.75) is 76.9 Å². The van der Waals surface area contributed by atoms with Crippen LogP contribution < -0.4 is 4.74 Å². The Morgan fingerprint density at radius 2 is 0.729 bits per heavy atom. The lowest BCUT2D eigenvalue weighted by molar-refractivity contribution is -0.274. The predicted octanol–water partition coefficient (Wildman–Crippen LogP) is 8.19. The Morgan fingerprint density at radius 3 is 1.02 bits per heavy atom. The Bertz CT molecular complexity index is 1510. The maximum atomic E-state index is 6.79. The van der Waals surface area contributed by atoms with Crippen molar-refractivity contribution in [3.63, 3.8) is 0 Å². The summed E-state index contributed by atoms with van der Waals surface area (Å²) in [5.41, 5.74) is 4.09. The van der Waals surface area contributed by atoms with Crippen molar-refractivity contribution < 1.29 is 33.2 Å². The third-order valence-electron chi connectivity index (χ3n) is 8.14. The van der Waals surface area contributed by atoms with Crippen molar-refractivity contribution in [1.82, 2.24) is 0 Å². The fraction of sp³-hybridized carbons (Fsp3) is 0.317. The van der Waals surface area contributed by atoms with Crippen molar-refractivity contribution >= 4 is 0 Å². The summed E-state index contributed by atoms with van der Waals surface area (Å²) in [7, 11) is 1.65. The molecule has 1 saturated carbocycles. The van der Waals surface area contributed by atoms with Crippen LogP contribution in [0.15, 0.2) is 140 Å². The quantitative estimate of drug-likeness (QED) is 0.107. The molecule has 0 N–H and O–H groups in total. The average Bonchev–Trinajstić information content (AvgIpc) is 3.14. The summed E-state index contributed by atoms with van der Waals surface area (Å²) in [4.78, 5) is 0. The van der Waals surface area contributed by atoms with Crippen LogP contribution >= 0.6 is 0 Å². The van der Waals surface area contributed by atoms with Gasteiger partial charge in [-0.25, -0.2) is 0 Å². The van der Waals surface area contributed by atoms with Crippen LogP contribution in [0, 0.1) is 0 Å². The molecule has 5 rings (SSSR count). The zero-order chi connectivity index (χ0) is 33.4. The summed E-state index contributed by atoms with van der Waals surface area (Å²) in [5, 5.41) is 0. The molecule has 4 aromatic carbocycles. The SMILES string of the molecule is C/C=C\O[C@@H]1[C@@H](OCc2ccccc2)[C@H](OCc2ccccc2)[C@@H](O/C=C\C)[C@H](OCc2ccc(OC)cc2)[C@@H]1OCc1ccccc1. The van der Waals surface area contributed by atoms with E-state index in [1.807, 2.05) is 141 Å². The van der Waals surface area contributed by atoms with E-state index in [9.17, 15) is 0 Å². The Hall–Kier alpha value is -4.40. The highest BCUT2D eigenvalue weighted by molar-refractivity contribution is 5.27. The zero-order valence-corrected chi connectivity index (χ0v) is 27.9. The van der Waals surface area contributed by atoms with Crippen LogP contribution in [-0.2, 0) is 54.8 Å². The van der Waals surface area contributed by atoms with Crippen molar-refractivity contribution in [2.24, 2.45) is 0 Å². The molecule has 0 aromatic heterocycles. The van der Waals surface area contributed by atoms with Crippen LogP contribution in [0.5, 0.6) is 5.75 Å². The largest absolute Gasteiger partial charge is 0.497 e. The molecular weight excluding hydrogens is 604 g/mol. The van der Waals surface area contributed by atoms with E-state index in [4.69, 9.17) is 33.2 Å². The number of ether oxygens (including phenoxy) is 7. The van der Waals surface area contributed by atoms with Gasteiger partial charge in [0, 0.05) is 0 Å². The molecular formula is C41H46O7. The maximum absolute atomic E-state index is 6.79. The van der Waals surface area contributed by atoms with Gasteiger partial charge in [-0.3, -0.25) is 0 Å². The standard InChI is InChI=1S/C41H46O7/c1-4-25-43-36-38(45-27-31-15-9-6-10-16-31)39(46-28-32-17-11-7-12-18-32)37(44-26-5-2)41(40(36)47-29-33-19-13-8-14-20-33)48-30-34-21-23-35(42-3)24-22-34/h4-26,36-41H,27-30H2,1-3H3/b25-4-,26-5-/t36-,37-,38-,39-,40-,41+/m1/s1. The van der Waals surface area contributed by atoms with Gasteiger partial charge in [-0.2, -0.15) is 0 Å². The molecule has 0 amide bonds. The van der Waals surface area contributed by atoms with Gasteiger partial charge in [0.2, 0.25) is 0 Å². The minimum Gasteiger partial charge on any atom is -0.497 e. The van der Waals surface area contributed by atoms with E-state index in [0.717, 1.165) is 28.0 Å². The Morgan fingerprint density at radius 1 is 0.417 bits per heavy atom. The van der Waals surface area contributed by atoms with E-state index < -0.39 is 36.6 Å². The topological polar surface area (TPSA) is 64.6 Å². The van der Waals surface area contributed by atoms with E-state index in [0.29, 0.717) is 26.4 Å². The minimum absolute atomic E-state index is 0.312. The summed E-state index contributed by atoms with van der Waals surface area (Å²) < 4.78 is 45.5. The Balaban J connectivity index is 1.54. The lowest BCUT2D eigenvalue weighted by Gasteiger charge is -2.49. The molecule has 0 saturated heterocycles. The predicted molar refractivity (Wildman–Crippen MR) is 186 cm³/mol. The van der Waals surface area contributed by atoms with Gasteiger partial charge < -0.3 is 33.2 Å². The lowest BCUT2D eigenvalue weighted by Crippen LogP contribution is -2.67. The molecule has 0 radical (unpaired) electrons. The molecule has 1 aliphatic rings. The van der Waals surface area contributed by atoms with Crippen LogP contribution in [0.3, 0.4) is 0 Å². The fourth-order valence-corrected chi connectivity index (χ4v) is 5.74. The highest BCUT2D eigenvalue weighted by Crippen LogP contribution is 2.36. The van der Waals surface area contributed by atoms with E-state index >= 15 is 0 Å². The van der Waals surface area contributed by atoms with Gasteiger partial charge in [0.05, 0.1) is 46.1 Å². The van der Waals surface area contributed by atoms with E-state index in [1.54, 1.807) is 19.6 Å². The zero-order valence-electron chi connectivity index (χ0n) is 27.9. The summed E-state index contributed by atoms with van der Waals surface area (Å²) in [5.74, 6) is 0.780. The number of hydrogen-bond donors (Lipinski definition) is 0. The number of rotatable bonds is 17. The van der Waals surface area contributed by atoms with Crippen molar-refractivity contribution in [2.75, 3.05) is 7.11 Å². The molecule has 48 heavy (non-hydrogen) atoms. The smallest absolute Gasteiger partial charge is 0.155 e. The first-order chi connectivity index (χ1) is 23.7. The van der Waals surface area contributed by atoms with Crippen molar-refractivity contribution in [1.29, 1.82) is 0 Å². The van der Waals surface area contributed by atoms with Gasteiger partial charge in [-0.15, -0.1) is 0 Å². The molecule has 0 bridgehead atoms. The Labute approximate surface area is 284 Å². The first-order valence-electron chi connectivity index (χ1n) is 16.4. The normalized spacial score (nSPS) is 22.6. The van der Waals surface area contributed by atoms with E-state index in [1.165, 1.54) is 0 Å². The second-order valence-corrected chi connectivity index (χ2v) is 11.5. The molecule has 7 heteroatoms. The lowest BCUT2D eigenvalue weighted by atomic mass is 9.83. The molecule has 252 valence electrons. The number of benzene rings is 4. The van der Waals surface area contributed by atoms with Gasteiger partial charge in [-0.05, 0) is 48.2 Å². The minimum atomic E-state index is -0.602.